The maximum atomic E-state index is 10.6. The number of ether oxygens (including phenoxy) is 1. The van der Waals surface area contributed by atoms with Crippen molar-refractivity contribution in [3.63, 3.8) is 0 Å². The number of allylic oxidation sites excluding steroid dienone is 1. The molecule has 1 heterocycles. The zero-order valence-electron chi connectivity index (χ0n) is 13.6. The lowest BCUT2D eigenvalue weighted by molar-refractivity contribution is -0.916. The molecule has 0 amide bonds. The molecule has 1 aromatic rings. The second-order valence-electron chi connectivity index (χ2n) is 5.93. The van der Waals surface area contributed by atoms with Crippen LogP contribution in [-0.4, -0.2) is 60.2 Å². The number of nitro benzene ring substituents is 1. The fourth-order valence-corrected chi connectivity index (χ4v) is 2.46. The number of quaternary nitrogens is 1. The first-order chi connectivity index (χ1) is 11.0. The average molecular weight is 447 g/mol. The van der Waals surface area contributed by atoms with E-state index in [4.69, 9.17) is 9.94 Å². The Morgan fingerprint density at radius 3 is 2.54 bits per heavy atom. The number of hydrogen-bond donors (Lipinski definition) is 1. The fourth-order valence-electron chi connectivity index (χ4n) is 2.46. The molecule has 1 aliphatic heterocycles. The van der Waals surface area contributed by atoms with Crippen molar-refractivity contribution >= 4 is 17.5 Å². The molecule has 24 heavy (non-hydrogen) atoms. The minimum Gasteiger partial charge on any atom is -1.00 e. The summed E-state index contributed by atoms with van der Waals surface area (Å²) in [6.45, 7) is 4.34. The summed E-state index contributed by atoms with van der Waals surface area (Å²) in [6, 6.07) is 6.24. The standard InChI is InChI=1S/C16H21N3O4.HI/c1-19(10-12-23-13-11-19)9-8-15(17-20)5-2-14-3-6-16(7-4-14)18(21)22;/h2-7H,8-13H2,1H3;1H/b5-2+,17-15+;. The van der Waals surface area contributed by atoms with Gasteiger partial charge in [-0.3, -0.25) is 10.1 Å². The summed E-state index contributed by atoms with van der Waals surface area (Å²) < 4.78 is 6.28. The summed E-state index contributed by atoms with van der Waals surface area (Å²) in [5.41, 5.74) is 1.47. The van der Waals surface area contributed by atoms with E-state index in [1.807, 2.05) is 0 Å². The van der Waals surface area contributed by atoms with Crippen LogP contribution in [0, 0.1) is 10.1 Å². The quantitative estimate of drug-likeness (QED) is 0.156. The lowest BCUT2D eigenvalue weighted by Gasteiger charge is -2.37. The Labute approximate surface area is 158 Å². The fraction of sp³-hybridized carbons (Fsp3) is 0.438. The monoisotopic (exact) mass is 447 g/mol. The van der Waals surface area contributed by atoms with Gasteiger partial charge in [0.2, 0.25) is 0 Å². The minimum absolute atomic E-state index is 0. The molecule has 1 aromatic carbocycles. The van der Waals surface area contributed by atoms with Crippen molar-refractivity contribution in [2.75, 3.05) is 39.9 Å². The van der Waals surface area contributed by atoms with Crippen LogP contribution in [0.2, 0.25) is 0 Å². The topological polar surface area (TPSA) is 85.0 Å². The summed E-state index contributed by atoms with van der Waals surface area (Å²) in [7, 11) is 2.18. The van der Waals surface area contributed by atoms with E-state index in [1.54, 1.807) is 24.3 Å². The van der Waals surface area contributed by atoms with Crippen LogP contribution in [0.5, 0.6) is 0 Å². The van der Waals surface area contributed by atoms with Crippen LogP contribution in [0.4, 0.5) is 5.69 Å². The highest BCUT2D eigenvalue weighted by atomic mass is 127. The molecule has 0 aromatic heterocycles. The number of non-ortho nitro benzene ring substituents is 1. The summed E-state index contributed by atoms with van der Waals surface area (Å²) in [6.07, 6.45) is 4.20. The van der Waals surface area contributed by atoms with Gasteiger partial charge in [0.05, 0.1) is 37.4 Å². The van der Waals surface area contributed by atoms with Gasteiger partial charge in [-0.1, -0.05) is 11.2 Å². The van der Waals surface area contributed by atoms with Gasteiger partial charge >= 0.3 is 0 Å². The first-order valence-corrected chi connectivity index (χ1v) is 7.57. The molecule has 0 atom stereocenters. The van der Waals surface area contributed by atoms with Gasteiger partial charge < -0.3 is 38.4 Å². The molecule has 0 spiro atoms. The van der Waals surface area contributed by atoms with Gasteiger partial charge in [0.1, 0.15) is 13.1 Å². The summed E-state index contributed by atoms with van der Waals surface area (Å²) in [5, 5.41) is 23.1. The van der Waals surface area contributed by atoms with Gasteiger partial charge in [-0.15, -0.1) is 0 Å². The Bertz CT molecular complexity index is 596. The maximum absolute atomic E-state index is 10.6. The minimum atomic E-state index is -0.430. The predicted octanol–water partition coefficient (Wildman–Crippen LogP) is -0.691. The normalized spacial score (nSPS) is 17.5. The lowest BCUT2D eigenvalue weighted by atomic mass is 10.1. The molecule has 0 saturated carbocycles. The molecule has 0 unspecified atom stereocenters. The summed E-state index contributed by atoms with van der Waals surface area (Å²) >= 11 is 0. The molecule has 0 radical (unpaired) electrons. The molecule has 2 rings (SSSR count). The number of likely N-dealkylation sites (N-methyl/N-ethyl adjacent to an activating group) is 1. The van der Waals surface area contributed by atoms with Crippen LogP contribution in [0.25, 0.3) is 6.08 Å². The van der Waals surface area contributed by atoms with E-state index in [0.29, 0.717) is 12.1 Å². The third kappa shape index (κ3) is 6.17. The molecule has 1 aliphatic rings. The third-order valence-corrected chi connectivity index (χ3v) is 4.16. The van der Waals surface area contributed by atoms with Crippen LogP contribution in [-0.2, 0) is 4.74 Å². The van der Waals surface area contributed by atoms with E-state index in [9.17, 15) is 10.1 Å². The van der Waals surface area contributed by atoms with Gasteiger partial charge in [0.25, 0.3) is 5.69 Å². The van der Waals surface area contributed by atoms with Crippen LogP contribution in [0.1, 0.15) is 12.0 Å². The van der Waals surface area contributed by atoms with E-state index in [2.05, 4.69) is 12.2 Å². The largest absolute Gasteiger partial charge is 1.00 e. The van der Waals surface area contributed by atoms with E-state index in [-0.39, 0.29) is 29.7 Å². The molecule has 132 valence electrons. The van der Waals surface area contributed by atoms with Crippen LogP contribution in [0.15, 0.2) is 35.5 Å². The summed E-state index contributed by atoms with van der Waals surface area (Å²) in [4.78, 5) is 10.2. The van der Waals surface area contributed by atoms with E-state index < -0.39 is 4.92 Å². The van der Waals surface area contributed by atoms with Gasteiger partial charge in [0.15, 0.2) is 0 Å². The van der Waals surface area contributed by atoms with Crippen molar-refractivity contribution in [3.05, 3.63) is 46.0 Å². The highest BCUT2D eigenvalue weighted by molar-refractivity contribution is 5.97. The molecular weight excluding hydrogens is 425 g/mol. The smallest absolute Gasteiger partial charge is 0.269 e. The first kappa shape index (κ1) is 20.5. The number of morpholine rings is 1. The Hall–Kier alpha value is -1.52. The molecule has 1 saturated heterocycles. The molecule has 8 heteroatoms. The Morgan fingerprint density at radius 1 is 1.38 bits per heavy atom. The van der Waals surface area contributed by atoms with Gasteiger partial charge in [0, 0.05) is 18.6 Å². The van der Waals surface area contributed by atoms with Gasteiger partial charge in [-0.05, 0) is 23.8 Å². The van der Waals surface area contributed by atoms with Gasteiger partial charge in [-0.25, -0.2) is 0 Å². The number of oxime groups is 1. The second kappa shape index (κ2) is 9.70. The van der Waals surface area contributed by atoms with Gasteiger partial charge in [-0.2, -0.15) is 0 Å². The van der Waals surface area contributed by atoms with E-state index >= 15 is 0 Å². The number of rotatable bonds is 6. The zero-order valence-corrected chi connectivity index (χ0v) is 15.8. The highest BCUT2D eigenvalue weighted by Crippen LogP contribution is 2.14. The number of nitro groups is 1. The zero-order chi connectivity index (χ0) is 16.7. The lowest BCUT2D eigenvalue weighted by Crippen LogP contribution is -3.00. The van der Waals surface area contributed by atoms with Crippen LogP contribution in [0.3, 0.4) is 0 Å². The van der Waals surface area contributed by atoms with Crippen molar-refractivity contribution in [3.8, 4) is 0 Å². The third-order valence-electron chi connectivity index (χ3n) is 4.16. The molecule has 7 nitrogen and oxygen atoms in total. The summed E-state index contributed by atoms with van der Waals surface area (Å²) in [5.74, 6) is 0. The van der Waals surface area contributed by atoms with Crippen molar-refractivity contribution in [2.45, 2.75) is 6.42 Å². The maximum Gasteiger partial charge on any atom is 0.269 e. The van der Waals surface area contributed by atoms with Crippen LogP contribution < -0.4 is 24.0 Å². The SMILES string of the molecule is C[N+]1(CCC(/C=C/c2ccc([N+](=O)[O-])cc2)=N/O)CCOCC1.[I-]. The van der Waals surface area contributed by atoms with Crippen molar-refractivity contribution < 1.29 is 43.3 Å². The average Bonchev–Trinajstić information content (AvgIpc) is 2.56. The Morgan fingerprint density at radius 2 is 2.00 bits per heavy atom. The van der Waals surface area contributed by atoms with Crippen LogP contribution >= 0.6 is 0 Å². The Kier molecular flexibility index (Phi) is 8.29. The molecular formula is C16H22IN3O4. The molecule has 0 bridgehead atoms. The second-order valence-corrected chi connectivity index (χ2v) is 5.93. The van der Waals surface area contributed by atoms with E-state index in [1.165, 1.54) is 12.1 Å². The Balaban J connectivity index is 0.00000288. The predicted molar refractivity (Wildman–Crippen MR) is 87.6 cm³/mol. The van der Waals surface area contributed by atoms with Crippen molar-refractivity contribution in [2.24, 2.45) is 5.16 Å². The molecule has 1 fully saturated rings. The highest BCUT2D eigenvalue weighted by Gasteiger charge is 2.25. The van der Waals surface area contributed by atoms with Crippen molar-refractivity contribution in [1.82, 2.24) is 0 Å². The molecule has 1 N–H and O–H groups in total. The number of nitrogens with zero attached hydrogens (tertiary/aromatic N) is 3. The number of halogens is 1. The number of benzene rings is 1. The molecule has 0 aliphatic carbocycles. The number of hydrogen-bond acceptors (Lipinski definition) is 5. The van der Waals surface area contributed by atoms with E-state index in [0.717, 1.165) is 42.9 Å². The van der Waals surface area contributed by atoms with Crippen molar-refractivity contribution in [1.29, 1.82) is 0 Å². The first-order valence-electron chi connectivity index (χ1n) is 7.57.